The zero-order chi connectivity index (χ0) is 26.3. The SMILES string of the molecule is Cn1cc2cc(N3Cc4cc(F)c(OCC(F)F)cc4N(c4ccc(OC(F)F)cc4)C3=O)ccc2n1. The molecular formula is C25H19F5N4O3. The fourth-order valence-corrected chi connectivity index (χ4v) is 4.18. The first-order chi connectivity index (χ1) is 17.7. The van der Waals surface area contributed by atoms with Crippen molar-refractivity contribution in [3.8, 4) is 11.5 Å². The maximum Gasteiger partial charge on any atom is 0.387 e. The Morgan fingerprint density at radius 1 is 1.00 bits per heavy atom. The van der Waals surface area contributed by atoms with E-state index in [0.717, 1.165) is 17.0 Å². The number of fused-ring (bicyclic) bond motifs is 2. The second-order valence-corrected chi connectivity index (χ2v) is 8.24. The summed E-state index contributed by atoms with van der Waals surface area (Å²) in [5.74, 6) is -1.43. The van der Waals surface area contributed by atoms with Crippen molar-refractivity contribution in [2.45, 2.75) is 19.6 Å². The van der Waals surface area contributed by atoms with Gasteiger partial charge in [-0.05, 0) is 54.1 Å². The lowest BCUT2D eigenvalue weighted by Crippen LogP contribution is -2.45. The summed E-state index contributed by atoms with van der Waals surface area (Å²) < 4.78 is 76.3. The predicted molar refractivity (Wildman–Crippen MR) is 125 cm³/mol. The molecule has 4 aromatic rings. The number of aromatic nitrogens is 2. The van der Waals surface area contributed by atoms with Crippen LogP contribution in [0.4, 0.5) is 43.8 Å². The second-order valence-electron chi connectivity index (χ2n) is 8.24. The van der Waals surface area contributed by atoms with Crippen LogP contribution in [-0.4, -0.2) is 35.5 Å². The van der Waals surface area contributed by atoms with E-state index in [-0.39, 0.29) is 23.7 Å². The number of aryl methyl sites for hydroxylation is 1. The van der Waals surface area contributed by atoms with Crippen LogP contribution in [0.1, 0.15) is 5.56 Å². The molecule has 0 aliphatic carbocycles. The molecule has 0 saturated carbocycles. The molecule has 12 heteroatoms. The first-order valence-corrected chi connectivity index (χ1v) is 11.0. The Hall–Kier alpha value is -4.35. The van der Waals surface area contributed by atoms with Crippen LogP contribution in [0.2, 0.25) is 0 Å². The average Bonchev–Trinajstić information content (AvgIpc) is 3.22. The monoisotopic (exact) mass is 518 g/mol. The Morgan fingerprint density at radius 3 is 2.43 bits per heavy atom. The van der Waals surface area contributed by atoms with E-state index in [2.05, 4.69) is 9.84 Å². The lowest BCUT2D eigenvalue weighted by Gasteiger charge is -2.37. The number of carbonyl (C=O) groups is 1. The molecule has 0 unspecified atom stereocenters. The van der Waals surface area contributed by atoms with E-state index in [1.165, 1.54) is 40.1 Å². The molecule has 5 rings (SSSR count). The normalized spacial score (nSPS) is 13.6. The summed E-state index contributed by atoms with van der Waals surface area (Å²) in [5.41, 5.74) is 2.07. The van der Waals surface area contributed by atoms with Crippen LogP contribution >= 0.6 is 0 Å². The van der Waals surface area contributed by atoms with Gasteiger partial charge in [-0.2, -0.15) is 13.9 Å². The lowest BCUT2D eigenvalue weighted by atomic mass is 10.1. The maximum absolute atomic E-state index is 14.8. The number of hydrogen-bond acceptors (Lipinski definition) is 4. The molecule has 192 valence electrons. The van der Waals surface area contributed by atoms with Gasteiger partial charge in [-0.25, -0.2) is 18.0 Å². The molecule has 1 aromatic heterocycles. The minimum absolute atomic E-state index is 0.0188. The van der Waals surface area contributed by atoms with Crippen LogP contribution < -0.4 is 19.3 Å². The number of carbonyl (C=O) groups excluding carboxylic acids is 1. The second kappa shape index (κ2) is 9.60. The lowest BCUT2D eigenvalue weighted by molar-refractivity contribution is -0.0498. The van der Waals surface area contributed by atoms with Crippen LogP contribution in [0.15, 0.2) is 60.8 Å². The summed E-state index contributed by atoms with van der Waals surface area (Å²) >= 11 is 0. The van der Waals surface area contributed by atoms with Gasteiger partial charge in [-0.1, -0.05) is 0 Å². The number of ether oxygens (including phenoxy) is 2. The van der Waals surface area contributed by atoms with E-state index >= 15 is 0 Å². The van der Waals surface area contributed by atoms with Crippen LogP contribution in [0.25, 0.3) is 10.9 Å². The Balaban J connectivity index is 1.59. The summed E-state index contributed by atoms with van der Waals surface area (Å²) in [7, 11) is 1.77. The van der Waals surface area contributed by atoms with Crippen molar-refractivity contribution >= 4 is 34.0 Å². The van der Waals surface area contributed by atoms with E-state index in [4.69, 9.17) is 4.74 Å². The molecule has 0 atom stereocenters. The molecule has 0 saturated heterocycles. The zero-order valence-electron chi connectivity index (χ0n) is 19.2. The topological polar surface area (TPSA) is 59.8 Å². The smallest absolute Gasteiger partial charge is 0.387 e. The van der Waals surface area contributed by atoms with Crippen molar-refractivity contribution in [2.24, 2.45) is 7.05 Å². The van der Waals surface area contributed by atoms with E-state index < -0.39 is 37.2 Å². The number of halogens is 5. The van der Waals surface area contributed by atoms with Gasteiger partial charge >= 0.3 is 12.6 Å². The van der Waals surface area contributed by atoms with Gasteiger partial charge in [0.2, 0.25) is 0 Å². The molecule has 0 radical (unpaired) electrons. The summed E-state index contributed by atoms with van der Waals surface area (Å²) in [5, 5.41) is 5.10. The molecular weight excluding hydrogens is 499 g/mol. The van der Waals surface area contributed by atoms with Crippen molar-refractivity contribution in [2.75, 3.05) is 16.4 Å². The van der Waals surface area contributed by atoms with Gasteiger partial charge in [-0.3, -0.25) is 14.5 Å². The molecule has 2 heterocycles. The highest BCUT2D eigenvalue weighted by atomic mass is 19.3. The predicted octanol–water partition coefficient (Wildman–Crippen LogP) is 6.24. The molecule has 0 N–H and O–H groups in total. The van der Waals surface area contributed by atoms with Gasteiger partial charge < -0.3 is 9.47 Å². The number of rotatable bonds is 7. The van der Waals surface area contributed by atoms with E-state index in [9.17, 15) is 26.7 Å². The summed E-state index contributed by atoms with van der Waals surface area (Å²) in [6.07, 6.45) is -1.04. The highest BCUT2D eigenvalue weighted by molar-refractivity contribution is 6.11. The molecule has 7 nitrogen and oxygen atoms in total. The van der Waals surface area contributed by atoms with E-state index in [1.54, 1.807) is 36.1 Å². The third kappa shape index (κ3) is 4.86. The third-order valence-corrected chi connectivity index (χ3v) is 5.72. The van der Waals surface area contributed by atoms with Crippen molar-refractivity contribution in [1.82, 2.24) is 9.78 Å². The van der Waals surface area contributed by atoms with Crippen LogP contribution in [0.5, 0.6) is 11.5 Å². The number of anilines is 3. The van der Waals surface area contributed by atoms with E-state index in [0.29, 0.717) is 11.3 Å². The van der Waals surface area contributed by atoms with Crippen molar-refractivity contribution in [1.29, 1.82) is 0 Å². The highest BCUT2D eigenvalue weighted by Gasteiger charge is 2.34. The first kappa shape index (κ1) is 24.3. The van der Waals surface area contributed by atoms with Gasteiger partial charge in [0, 0.05) is 30.4 Å². The summed E-state index contributed by atoms with van der Waals surface area (Å²) in [6.45, 7) is -4.08. The maximum atomic E-state index is 14.8. The zero-order valence-corrected chi connectivity index (χ0v) is 19.2. The largest absolute Gasteiger partial charge is 0.484 e. The first-order valence-electron chi connectivity index (χ1n) is 11.0. The van der Waals surface area contributed by atoms with Gasteiger partial charge in [0.15, 0.2) is 11.6 Å². The third-order valence-electron chi connectivity index (χ3n) is 5.72. The standard InChI is InChI=1S/C25H19F5N4O3/c1-32-11-14-8-17(4-7-20(14)31-32)33-12-15-9-19(26)22(36-13-23(27)28)10-21(15)34(25(33)35)16-2-5-18(6-3-16)37-24(29)30/h2-11,23-24H,12-13H2,1H3. The van der Waals surface area contributed by atoms with Crippen LogP contribution in [-0.2, 0) is 13.6 Å². The van der Waals surface area contributed by atoms with Gasteiger partial charge in [0.25, 0.3) is 6.43 Å². The molecule has 37 heavy (non-hydrogen) atoms. The number of nitrogens with zero attached hydrogens (tertiary/aromatic N) is 4. The fraction of sp³-hybridized carbons (Fsp3) is 0.200. The molecule has 1 aliphatic rings. The van der Waals surface area contributed by atoms with Crippen LogP contribution in [0, 0.1) is 5.82 Å². The Bertz CT molecular complexity index is 1460. The summed E-state index contributed by atoms with van der Waals surface area (Å²) in [4.78, 5) is 16.4. The minimum atomic E-state index is -3.03. The number of hydrogen-bond donors (Lipinski definition) is 0. The van der Waals surface area contributed by atoms with Gasteiger partial charge in [0.1, 0.15) is 12.4 Å². The molecule has 0 spiro atoms. The Kier molecular flexibility index (Phi) is 6.32. The number of alkyl halides is 4. The molecule has 2 amide bonds. The highest BCUT2D eigenvalue weighted by Crippen LogP contribution is 2.41. The summed E-state index contributed by atoms with van der Waals surface area (Å²) in [6, 6.07) is 12.3. The fourth-order valence-electron chi connectivity index (χ4n) is 4.18. The minimum Gasteiger partial charge on any atom is -0.484 e. The van der Waals surface area contributed by atoms with E-state index in [1.807, 2.05) is 0 Å². The Morgan fingerprint density at radius 2 is 1.73 bits per heavy atom. The number of urea groups is 1. The van der Waals surface area contributed by atoms with Gasteiger partial charge in [-0.15, -0.1) is 0 Å². The van der Waals surface area contributed by atoms with Gasteiger partial charge in [0.05, 0.1) is 23.4 Å². The molecule has 1 aliphatic heterocycles. The molecule has 0 bridgehead atoms. The Labute approximate surface area is 207 Å². The molecule has 3 aromatic carbocycles. The molecule has 0 fully saturated rings. The number of amides is 2. The average molecular weight is 518 g/mol. The van der Waals surface area contributed by atoms with Crippen LogP contribution in [0.3, 0.4) is 0 Å². The quantitative estimate of drug-likeness (QED) is 0.272. The number of benzene rings is 3. The van der Waals surface area contributed by atoms with Crippen molar-refractivity contribution < 1.29 is 36.2 Å². The van der Waals surface area contributed by atoms with Crippen molar-refractivity contribution in [3.63, 3.8) is 0 Å². The van der Waals surface area contributed by atoms with Crippen molar-refractivity contribution in [3.05, 3.63) is 72.2 Å².